The van der Waals surface area contributed by atoms with Crippen LogP contribution in [0.2, 0.25) is 5.15 Å². The van der Waals surface area contributed by atoms with Crippen LogP contribution in [0, 0.1) is 27.7 Å². The van der Waals surface area contributed by atoms with Crippen LogP contribution in [-0.2, 0) is 101 Å². The molecular formula is C85H107Cl2N21O13S4. The van der Waals surface area contributed by atoms with Crippen molar-refractivity contribution in [3.05, 3.63) is 153 Å². The molecule has 0 saturated carbocycles. The van der Waals surface area contributed by atoms with Crippen LogP contribution < -0.4 is 11.1 Å². The lowest BCUT2D eigenvalue weighted by Gasteiger charge is -2.34. The van der Waals surface area contributed by atoms with E-state index in [4.69, 9.17) is 45.8 Å². The van der Waals surface area contributed by atoms with E-state index in [2.05, 4.69) is 88.3 Å². The predicted molar refractivity (Wildman–Crippen MR) is 480 cm³/mol. The normalized spacial score (nSPS) is 14.9. The fourth-order valence-electron chi connectivity index (χ4n) is 14.9. The maximum Gasteiger partial charge on any atom is 0.435 e. The van der Waals surface area contributed by atoms with Crippen molar-refractivity contribution >= 4 is 157 Å². The van der Waals surface area contributed by atoms with Gasteiger partial charge in [-0.15, -0.1) is 50.4 Å². The number of amides is 3. The highest BCUT2D eigenvalue weighted by molar-refractivity contribution is 7.17. The van der Waals surface area contributed by atoms with E-state index >= 15 is 0 Å². The second-order valence-electron chi connectivity index (χ2n) is 34.7. The Morgan fingerprint density at radius 2 is 0.784 bits per heavy atom. The number of thiophene rings is 4. The quantitative estimate of drug-likeness (QED) is 0.0686. The summed E-state index contributed by atoms with van der Waals surface area (Å²) in [6.45, 7) is 48.5. The van der Waals surface area contributed by atoms with Gasteiger partial charge in [-0.05, 0) is 224 Å². The van der Waals surface area contributed by atoms with E-state index in [1.165, 1.54) is 21.2 Å². The minimum atomic E-state index is -0.824. The van der Waals surface area contributed by atoms with Gasteiger partial charge in [0.1, 0.15) is 64.6 Å². The molecule has 4 aliphatic heterocycles. The number of carbonyl (C=O) groups is 7. The molecule has 125 heavy (non-hydrogen) atoms. The smallest absolute Gasteiger partial charge is 0.435 e. The van der Waals surface area contributed by atoms with Crippen molar-refractivity contribution in [2.75, 3.05) is 25.6 Å². The molecule has 0 fully saturated rings. The highest BCUT2D eigenvalue weighted by Gasteiger charge is 2.51. The second-order valence-corrected chi connectivity index (χ2v) is 39.2. The molecule has 16 heterocycles. The molecule has 12 aromatic heterocycles. The first-order valence-electron chi connectivity index (χ1n) is 40.5. The highest BCUT2D eigenvalue weighted by atomic mass is 35.5. The van der Waals surface area contributed by atoms with Gasteiger partial charge in [0.15, 0.2) is 5.82 Å². The first kappa shape index (κ1) is 94.9. The van der Waals surface area contributed by atoms with Gasteiger partial charge in [0.05, 0.1) is 113 Å². The summed E-state index contributed by atoms with van der Waals surface area (Å²) in [6.07, 6.45) is -1.26. The van der Waals surface area contributed by atoms with Crippen LogP contribution in [-0.4, -0.2) is 173 Å². The van der Waals surface area contributed by atoms with Crippen LogP contribution in [0.25, 0.3) is 40.9 Å². The van der Waals surface area contributed by atoms with E-state index < -0.39 is 63.9 Å². The summed E-state index contributed by atoms with van der Waals surface area (Å²) < 4.78 is 36.0. The van der Waals surface area contributed by atoms with E-state index in [1.807, 2.05) is 164 Å². The molecular weight excluding hydrogens is 1720 g/mol. The fraction of sp³-hybridized carbons (Fsp3) is 0.494. The molecule has 0 radical (unpaired) electrons. The van der Waals surface area contributed by atoms with Crippen LogP contribution in [0.1, 0.15) is 248 Å². The molecule has 0 spiro atoms. The third-order valence-electron chi connectivity index (χ3n) is 20.2. The van der Waals surface area contributed by atoms with Crippen LogP contribution in [0.4, 0.5) is 34.6 Å². The summed E-state index contributed by atoms with van der Waals surface area (Å²) in [4.78, 5) is 129. The third kappa shape index (κ3) is 21.0. The van der Waals surface area contributed by atoms with Gasteiger partial charge in [0.25, 0.3) is 0 Å². The Kier molecular flexibility index (Phi) is 28.1. The molecule has 4 N–H and O–H groups in total. The van der Waals surface area contributed by atoms with Crippen molar-refractivity contribution in [1.82, 2.24) is 99.4 Å². The number of anilines is 1. The Hall–Kier alpha value is -10.8. The minimum Gasteiger partial charge on any atom is -0.448 e. The maximum absolute atomic E-state index is 13.0. The number of aromatic nitrogens is 16. The van der Waals surface area contributed by atoms with Crippen LogP contribution >= 0.6 is 68.5 Å². The molecule has 0 aromatic carbocycles. The Morgan fingerprint density at radius 1 is 0.448 bits per heavy atom. The molecule has 34 nitrogen and oxygen atoms in total. The standard InChI is InChI=1S/C23H29N5O4S.C20H25N5O2S.C18H21N5O2S.C15H24N4O4.C7H5ClN2S.C2H3ClO/c1-8-31-21(30)28-18-15(12-27(23(18,6)7)20(29)32-22(3,4)5)17(26-28)11-16-14-9-10-33-19(14)25-13(2)24-16;1-11-21-14(12-7-8-28-17(12)22-11)9-15-13-10-25(18(26)27-19(2,3)4)20(5,6)16(13)24-23-15;1-5-25-17(24)23-15-12(9-19-18(15,3)4)14(22-23)8-13-11-6-7-26-16(11)21-10(2)20-13;1-7-22-13(21)19-10-9(11(16)17-19)8-18(15(10,5)6)12(20)23-14(2,3)4;1-4-9-6(8)5-2-3-11-7(5)10-4;1-2(3)4/h9-10H,8,11-12H2,1-7H3;7-8H,9-10H2,1-6H3,(H,23,24);6-7,19H,5,8-9H2,1-4H3;7-8H2,1-6H3,(H2,16,17);2-3H,1H3;1H3. The van der Waals surface area contributed by atoms with E-state index in [1.54, 1.807) is 96.7 Å². The highest BCUT2D eigenvalue weighted by Crippen LogP contribution is 2.46. The number of nitrogens with one attached hydrogen (secondary N) is 2. The van der Waals surface area contributed by atoms with E-state index in [-0.39, 0.29) is 49.0 Å². The number of ether oxygens (including phenoxy) is 6. The number of nitrogen functional groups attached to an aromatic ring is 1. The zero-order valence-corrected chi connectivity index (χ0v) is 79.8. The van der Waals surface area contributed by atoms with Crippen molar-refractivity contribution in [2.45, 2.75) is 257 Å². The molecule has 0 atom stereocenters. The van der Waals surface area contributed by atoms with E-state index in [0.717, 1.165) is 120 Å². The molecule has 16 rings (SSSR count). The summed E-state index contributed by atoms with van der Waals surface area (Å²) >= 11 is 16.9. The molecule has 3 amide bonds. The summed E-state index contributed by atoms with van der Waals surface area (Å²) in [6, 6.07) is 8.03. The van der Waals surface area contributed by atoms with Gasteiger partial charge in [-0.1, -0.05) is 11.6 Å². The fourth-order valence-corrected chi connectivity index (χ4v) is 18.5. The van der Waals surface area contributed by atoms with Gasteiger partial charge < -0.3 is 39.5 Å². The van der Waals surface area contributed by atoms with E-state index in [9.17, 15) is 33.6 Å². The molecule has 0 saturated heterocycles. The average molecular weight is 1830 g/mol. The van der Waals surface area contributed by atoms with Gasteiger partial charge >= 0.3 is 36.6 Å². The van der Waals surface area contributed by atoms with Crippen molar-refractivity contribution < 1.29 is 62.0 Å². The molecule has 0 aliphatic carbocycles. The number of nitrogens with two attached hydrogens (primary N) is 1. The monoisotopic (exact) mass is 1830 g/mol. The summed E-state index contributed by atoms with van der Waals surface area (Å²) in [5.74, 6) is 3.13. The Morgan fingerprint density at radius 3 is 1.19 bits per heavy atom. The number of halogens is 2. The summed E-state index contributed by atoms with van der Waals surface area (Å²) in [5.41, 5.74) is 13.4. The summed E-state index contributed by atoms with van der Waals surface area (Å²) in [5, 5.41) is 36.7. The number of aryl methyl sites for hydroxylation is 4. The Balaban J connectivity index is 0.000000154. The van der Waals surface area contributed by atoms with Crippen LogP contribution in [0.3, 0.4) is 0 Å². The molecule has 12 aromatic rings. The molecule has 40 heteroatoms. The largest absolute Gasteiger partial charge is 0.448 e. The van der Waals surface area contributed by atoms with Crippen LogP contribution in [0.15, 0.2) is 45.8 Å². The number of hydrogen-bond donors (Lipinski definition) is 3. The molecule has 4 aliphatic rings. The maximum atomic E-state index is 13.0. The number of fused-ring (bicyclic) bond motifs is 8. The number of rotatable bonds is 9. The Bertz CT molecular complexity index is 6080. The van der Waals surface area contributed by atoms with Crippen molar-refractivity contribution in [1.29, 1.82) is 0 Å². The molecule has 0 bridgehead atoms. The number of hydrogen-bond acceptors (Lipinski definition) is 31. The first-order chi connectivity index (χ1) is 58.4. The van der Waals surface area contributed by atoms with Gasteiger partial charge in [0.2, 0.25) is 5.24 Å². The molecule has 0 unspecified atom stereocenters. The molecule has 668 valence electrons. The number of nitrogens with zero attached hydrogens (tertiary/aromatic N) is 18. The first-order valence-corrected chi connectivity index (χ1v) is 44.8. The third-order valence-corrected chi connectivity index (χ3v) is 23.7. The van der Waals surface area contributed by atoms with Crippen molar-refractivity contribution in [2.24, 2.45) is 0 Å². The summed E-state index contributed by atoms with van der Waals surface area (Å²) in [7, 11) is 0. The van der Waals surface area contributed by atoms with Crippen molar-refractivity contribution in [3.63, 3.8) is 0 Å². The lowest BCUT2D eigenvalue weighted by Crippen LogP contribution is -2.44. The average Bonchev–Trinajstić information content (AvgIpc) is 1.48. The predicted octanol–water partition coefficient (Wildman–Crippen LogP) is 18.1. The second kappa shape index (κ2) is 37.0. The zero-order valence-electron chi connectivity index (χ0n) is 75.0. The van der Waals surface area contributed by atoms with Crippen molar-refractivity contribution in [3.8, 4) is 0 Å². The van der Waals surface area contributed by atoms with Crippen LogP contribution in [0.5, 0.6) is 0 Å². The van der Waals surface area contributed by atoms with Gasteiger partial charge in [-0.3, -0.25) is 24.6 Å². The zero-order chi connectivity index (χ0) is 91.9. The number of H-pyrrole nitrogens is 1. The van der Waals surface area contributed by atoms with Gasteiger partial charge in [0, 0.05) is 82.2 Å². The Labute approximate surface area is 750 Å². The minimum absolute atomic E-state index is 0.215. The van der Waals surface area contributed by atoms with Gasteiger partial charge in [-0.25, -0.2) is 68.6 Å². The topological polar surface area (TPSA) is 408 Å². The SMILES string of the molecule is CC(=O)Cl.CCOC(=O)n1nc(Cc2nc(C)nc3sccc23)c2c1C(C)(C)N(C(=O)OC(C)(C)C)C2.CCOC(=O)n1nc(Cc2nc(C)nc3sccc23)c2c1C(C)(C)NC2.CCOC(=O)n1nc(N)c2c1C(C)(C)N(C(=O)OC(C)(C)C)C2.Cc1nc(Cc2[nH]nc3c2CN(C(=O)OC(C)(C)C)C3(C)C)c2ccsc2n1.Cc1nc(Cl)c2ccsc2n1. The number of carbonyl (C=O) groups excluding carboxylic acids is 7. The number of aromatic amines is 1. The van der Waals surface area contributed by atoms with Gasteiger partial charge in [-0.2, -0.15) is 29.3 Å². The lowest BCUT2D eigenvalue weighted by atomic mass is 9.99. The van der Waals surface area contributed by atoms with E-state index in [0.29, 0.717) is 72.6 Å². The lowest BCUT2D eigenvalue weighted by molar-refractivity contribution is -0.109.